The minimum Gasteiger partial charge on any atom is -0.496 e. The van der Waals surface area contributed by atoms with Gasteiger partial charge in [0.1, 0.15) is 5.75 Å². The van der Waals surface area contributed by atoms with E-state index in [1.807, 2.05) is 6.92 Å². The maximum Gasteiger partial charge on any atom is 0.294 e. The van der Waals surface area contributed by atoms with E-state index in [1.54, 1.807) is 30.2 Å². The van der Waals surface area contributed by atoms with Crippen LogP contribution in [0, 0.1) is 6.92 Å². The molecule has 0 saturated carbocycles. The summed E-state index contributed by atoms with van der Waals surface area (Å²) in [5.41, 5.74) is 1.29. The number of Topliss-reactive ketones (excluding diaryl/α,β-unsaturated/α-hetero) is 1. The first kappa shape index (κ1) is 12.6. The summed E-state index contributed by atoms with van der Waals surface area (Å²) in [4.78, 5) is 25.6. The summed E-state index contributed by atoms with van der Waals surface area (Å²) >= 11 is 0. The lowest BCUT2D eigenvalue weighted by Gasteiger charge is -2.14. The molecule has 1 aliphatic rings. The number of carbonyl (C=O) groups is 2. The highest BCUT2D eigenvalue weighted by atomic mass is 16.5. The van der Waals surface area contributed by atoms with Crippen LogP contribution in [0.15, 0.2) is 18.2 Å². The molecule has 2 rings (SSSR count). The third-order valence-electron chi connectivity index (χ3n) is 3.24. The zero-order valence-corrected chi connectivity index (χ0v) is 10.7. The van der Waals surface area contributed by atoms with E-state index < -0.39 is 11.7 Å². The standard InChI is InChI=1S/C14H17NO3/c1-10-9-11(5-6-12(10)18-2)13(16)14(17)15-7-3-4-8-15/h5-6,9H,3-4,7-8H2,1-2H3. The summed E-state index contributed by atoms with van der Waals surface area (Å²) in [5.74, 6) is -0.0973. The Morgan fingerprint density at radius 3 is 2.44 bits per heavy atom. The third kappa shape index (κ3) is 2.37. The predicted octanol–water partition coefficient (Wildman–Crippen LogP) is 1.81. The SMILES string of the molecule is COc1ccc(C(=O)C(=O)N2CCCC2)cc1C. The Kier molecular flexibility index (Phi) is 3.65. The average Bonchev–Trinajstić information content (AvgIpc) is 2.90. The fourth-order valence-electron chi connectivity index (χ4n) is 2.21. The topological polar surface area (TPSA) is 46.6 Å². The zero-order chi connectivity index (χ0) is 13.1. The minimum absolute atomic E-state index is 0.392. The van der Waals surface area contributed by atoms with Crippen LogP contribution < -0.4 is 4.74 Å². The molecule has 1 aromatic carbocycles. The third-order valence-corrected chi connectivity index (χ3v) is 3.24. The first-order chi connectivity index (χ1) is 8.63. The minimum atomic E-state index is -0.428. The van der Waals surface area contributed by atoms with Crippen LogP contribution in [-0.4, -0.2) is 36.8 Å². The van der Waals surface area contributed by atoms with Gasteiger partial charge in [-0.2, -0.15) is 0 Å². The average molecular weight is 247 g/mol. The summed E-state index contributed by atoms with van der Waals surface area (Å²) in [6, 6.07) is 5.07. The van der Waals surface area contributed by atoms with Gasteiger partial charge in [-0.15, -0.1) is 0 Å². The van der Waals surface area contributed by atoms with Crippen LogP contribution in [-0.2, 0) is 4.79 Å². The lowest BCUT2D eigenvalue weighted by atomic mass is 10.1. The molecule has 1 heterocycles. The summed E-state index contributed by atoms with van der Waals surface area (Å²) in [7, 11) is 1.58. The van der Waals surface area contributed by atoms with Gasteiger partial charge < -0.3 is 9.64 Å². The first-order valence-corrected chi connectivity index (χ1v) is 6.11. The number of likely N-dealkylation sites (tertiary alicyclic amines) is 1. The van der Waals surface area contributed by atoms with Gasteiger partial charge in [0.25, 0.3) is 5.91 Å². The maximum atomic E-state index is 12.1. The Morgan fingerprint density at radius 1 is 1.22 bits per heavy atom. The number of ether oxygens (including phenoxy) is 1. The number of nitrogens with zero attached hydrogens (tertiary/aromatic N) is 1. The second-order valence-corrected chi connectivity index (χ2v) is 4.51. The Morgan fingerprint density at radius 2 is 1.89 bits per heavy atom. The van der Waals surface area contributed by atoms with Crippen LogP contribution in [0.4, 0.5) is 0 Å². The Balaban J connectivity index is 2.17. The first-order valence-electron chi connectivity index (χ1n) is 6.11. The number of carbonyl (C=O) groups excluding carboxylic acids is 2. The highest BCUT2D eigenvalue weighted by molar-refractivity contribution is 6.42. The summed E-state index contributed by atoms with van der Waals surface area (Å²) in [5, 5.41) is 0. The van der Waals surface area contributed by atoms with Crippen molar-refractivity contribution in [2.45, 2.75) is 19.8 Å². The molecule has 96 valence electrons. The smallest absolute Gasteiger partial charge is 0.294 e. The second kappa shape index (κ2) is 5.21. The molecule has 4 heteroatoms. The summed E-state index contributed by atoms with van der Waals surface area (Å²) in [6.07, 6.45) is 1.97. The van der Waals surface area contributed by atoms with E-state index in [1.165, 1.54) is 0 Å². The number of methoxy groups -OCH3 is 1. The predicted molar refractivity (Wildman–Crippen MR) is 67.9 cm³/mol. The molecule has 0 radical (unpaired) electrons. The van der Waals surface area contributed by atoms with Crippen LogP contribution in [0.1, 0.15) is 28.8 Å². The van der Waals surface area contributed by atoms with Crippen LogP contribution in [0.2, 0.25) is 0 Å². The van der Waals surface area contributed by atoms with Gasteiger partial charge in [0.2, 0.25) is 5.78 Å². The number of hydrogen-bond acceptors (Lipinski definition) is 3. The van der Waals surface area contributed by atoms with Crippen molar-refractivity contribution in [1.29, 1.82) is 0 Å². The number of benzene rings is 1. The van der Waals surface area contributed by atoms with Gasteiger partial charge in [-0.3, -0.25) is 9.59 Å². The molecule has 1 aliphatic heterocycles. The van der Waals surface area contributed by atoms with E-state index >= 15 is 0 Å². The van der Waals surface area contributed by atoms with Gasteiger partial charge in [0, 0.05) is 18.7 Å². The van der Waals surface area contributed by atoms with Gasteiger partial charge in [-0.25, -0.2) is 0 Å². The van der Waals surface area contributed by atoms with E-state index in [0.717, 1.165) is 24.2 Å². The molecule has 0 bridgehead atoms. The van der Waals surface area contributed by atoms with Gasteiger partial charge in [0.05, 0.1) is 7.11 Å². The lowest BCUT2D eigenvalue weighted by Crippen LogP contribution is -2.34. The van der Waals surface area contributed by atoms with Gasteiger partial charge in [0.15, 0.2) is 0 Å². The Bertz CT molecular complexity index is 476. The van der Waals surface area contributed by atoms with Crippen molar-refractivity contribution in [2.24, 2.45) is 0 Å². The normalized spacial score (nSPS) is 14.7. The van der Waals surface area contributed by atoms with E-state index in [-0.39, 0.29) is 0 Å². The summed E-state index contributed by atoms with van der Waals surface area (Å²) in [6.45, 7) is 3.25. The van der Waals surface area contributed by atoms with E-state index in [4.69, 9.17) is 4.74 Å². The second-order valence-electron chi connectivity index (χ2n) is 4.51. The number of rotatable bonds is 3. The fourth-order valence-corrected chi connectivity index (χ4v) is 2.21. The number of amides is 1. The number of hydrogen-bond donors (Lipinski definition) is 0. The zero-order valence-electron chi connectivity index (χ0n) is 10.7. The largest absolute Gasteiger partial charge is 0.496 e. The van der Waals surface area contributed by atoms with Crippen molar-refractivity contribution < 1.29 is 14.3 Å². The van der Waals surface area contributed by atoms with Gasteiger partial charge >= 0.3 is 0 Å². The molecule has 1 aromatic rings. The number of ketones is 1. The Hall–Kier alpha value is -1.84. The van der Waals surface area contributed by atoms with E-state index in [9.17, 15) is 9.59 Å². The quantitative estimate of drug-likeness (QED) is 0.604. The Labute approximate surface area is 107 Å². The molecule has 4 nitrogen and oxygen atoms in total. The van der Waals surface area contributed by atoms with Crippen LogP contribution in [0.3, 0.4) is 0 Å². The molecule has 0 aromatic heterocycles. The van der Waals surface area contributed by atoms with Crippen molar-refractivity contribution in [3.63, 3.8) is 0 Å². The van der Waals surface area contributed by atoms with Crippen LogP contribution in [0.25, 0.3) is 0 Å². The van der Waals surface area contributed by atoms with Crippen LogP contribution >= 0.6 is 0 Å². The van der Waals surface area contributed by atoms with Crippen LogP contribution in [0.5, 0.6) is 5.75 Å². The van der Waals surface area contributed by atoms with Crippen molar-refractivity contribution in [1.82, 2.24) is 4.90 Å². The lowest BCUT2D eigenvalue weighted by molar-refractivity contribution is -0.125. The molecule has 0 spiro atoms. The molecule has 0 N–H and O–H groups in total. The molecular weight excluding hydrogens is 230 g/mol. The molecule has 0 atom stereocenters. The van der Waals surface area contributed by atoms with Gasteiger partial charge in [-0.1, -0.05) is 0 Å². The molecule has 1 saturated heterocycles. The van der Waals surface area contributed by atoms with Gasteiger partial charge in [-0.05, 0) is 43.5 Å². The molecule has 18 heavy (non-hydrogen) atoms. The van der Waals surface area contributed by atoms with E-state index in [0.29, 0.717) is 18.7 Å². The highest BCUT2D eigenvalue weighted by Gasteiger charge is 2.25. The van der Waals surface area contributed by atoms with Crippen molar-refractivity contribution in [3.05, 3.63) is 29.3 Å². The van der Waals surface area contributed by atoms with Crippen molar-refractivity contribution in [2.75, 3.05) is 20.2 Å². The van der Waals surface area contributed by atoms with E-state index in [2.05, 4.69) is 0 Å². The highest BCUT2D eigenvalue weighted by Crippen LogP contribution is 2.19. The number of aryl methyl sites for hydroxylation is 1. The molecular formula is C14H17NO3. The van der Waals surface area contributed by atoms with Crippen molar-refractivity contribution >= 4 is 11.7 Å². The van der Waals surface area contributed by atoms with Crippen molar-refractivity contribution in [3.8, 4) is 5.75 Å². The monoisotopic (exact) mass is 247 g/mol. The molecule has 0 aliphatic carbocycles. The molecule has 1 amide bonds. The summed E-state index contributed by atoms with van der Waals surface area (Å²) < 4.78 is 5.13. The fraction of sp³-hybridized carbons (Fsp3) is 0.429. The maximum absolute atomic E-state index is 12.1. The molecule has 1 fully saturated rings. The molecule has 0 unspecified atom stereocenters.